The summed E-state index contributed by atoms with van der Waals surface area (Å²) in [4.78, 5) is 12.1. The van der Waals surface area contributed by atoms with Gasteiger partial charge in [0.25, 0.3) is 0 Å². The maximum absolute atomic E-state index is 12.8. The molecule has 0 amide bonds. The summed E-state index contributed by atoms with van der Waals surface area (Å²) in [6, 6.07) is 9.31. The van der Waals surface area contributed by atoms with Crippen molar-refractivity contribution in [3.8, 4) is 11.3 Å². The van der Waals surface area contributed by atoms with E-state index in [0.717, 1.165) is 5.56 Å². The second-order valence-electron chi connectivity index (χ2n) is 4.03. The number of halogens is 1. The van der Waals surface area contributed by atoms with Crippen molar-refractivity contribution in [1.82, 2.24) is 10.2 Å². The van der Waals surface area contributed by atoms with Crippen LogP contribution in [-0.2, 0) is 4.79 Å². The molecule has 0 radical (unpaired) electrons. The molecule has 0 aliphatic carbocycles. The van der Waals surface area contributed by atoms with Crippen LogP contribution in [0.3, 0.4) is 0 Å². The molecule has 0 aliphatic heterocycles. The Labute approximate surface area is 109 Å². The highest BCUT2D eigenvalue weighted by Crippen LogP contribution is 2.18. The number of carbonyl (C=O) groups is 1. The van der Waals surface area contributed by atoms with Crippen molar-refractivity contribution in [3.05, 3.63) is 42.2 Å². The van der Waals surface area contributed by atoms with Crippen LogP contribution >= 0.6 is 0 Å². The average Bonchev–Trinajstić information content (AvgIpc) is 2.39. The van der Waals surface area contributed by atoms with E-state index in [1.807, 2.05) is 0 Å². The van der Waals surface area contributed by atoms with Gasteiger partial charge in [0.05, 0.1) is 5.69 Å². The van der Waals surface area contributed by atoms with E-state index in [4.69, 9.17) is 5.11 Å². The van der Waals surface area contributed by atoms with Crippen LogP contribution in [0.15, 0.2) is 36.4 Å². The lowest BCUT2D eigenvalue weighted by atomic mass is 10.1. The summed E-state index contributed by atoms with van der Waals surface area (Å²) < 4.78 is 12.8. The Kier molecular flexibility index (Phi) is 3.70. The molecule has 6 heteroatoms. The first-order chi connectivity index (χ1) is 9.06. The number of carboxylic acids is 1. The van der Waals surface area contributed by atoms with Crippen molar-refractivity contribution in [2.24, 2.45) is 0 Å². The van der Waals surface area contributed by atoms with Crippen LogP contribution in [0.25, 0.3) is 11.3 Å². The molecule has 5 nitrogen and oxygen atoms in total. The highest BCUT2D eigenvalue weighted by Gasteiger charge is 2.08. The molecule has 0 atom stereocenters. The molecule has 19 heavy (non-hydrogen) atoms. The summed E-state index contributed by atoms with van der Waals surface area (Å²) in [7, 11) is 1.62. The van der Waals surface area contributed by atoms with E-state index in [-0.39, 0.29) is 12.4 Å². The van der Waals surface area contributed by atoms with Gasteiger partial charge in [-0.05, 0) is 36.4 Å². The van der Waals surface area contributed by atoms with E-state index in [0.29, 0.717) is 11.5 Å². The summed E-state index contributed by atoms with van der Waals surface area (Å²) in [6.07, 6.45) is 0. The topological polar surface area (TPSA) is 66.3 Å². The van der Waals surface area contributed by atoms with Crippen molar-refractivity contribution in [2.75, 3.05) is 18.5 Å². The lowest BCUT2D eigenvalue weighted by molar-refractivity contribution is -0.135. The Morgan fingerprint density at radius 3 is 2.42 bits per heavy atom. The average molecular weight is 261 g/mol. The predicted octanol–water partition coefficient (Wildman–Crippen LogP) is 1.80. The lowest BCUT2D eigenvalue weighted by Gasteiger charge is -2.14. The normalized spacial score (nSPS) is 10.2. The van der Waals surface area contributed by atoms with Crippen molar-refractivity contribution in [2.45, 2.75) is 0 Å². The van der Waals surface area contributed by atoms with Gasteiger partial charge in [-0.25, -0.2) is 4.39 Å². The van der Waals surface area contributed by atoms with Gasteiger partial charge in [0.1, 0.15) is 12.4 Å². The SMILES string of the molecule is CN(CC(=O)O)c1ccc(-c2ccc(F)cc2)nn1. The van der Waals surface area contributed by atoms with E-state index in [9.17, 15) is 9.18 Å². The van der Waals surface area contributed by atoms with Crippen molar-refractivity contribution >= 4 is 11.8 Å². The molecule has 0 aliphatic rings. The molecule has 1 N–H and O–H groups in total. The van der Waals surface area contributed by atoms with E-state index < -0.39 is 5.97 Å². The van der Waals surface area contributed by atoms with E-state index in [1.165, 1.54) is 17.0 Å². The third kappa shape index (κ3) is 3.25. The van der Waals surface area contributed by atoms with Crippen molar-refractivity contribution in [3.63, 3.8) is 0 Å². The minimum absolute atomic E-state index is 0.148. The zero-order valence-corrected chi connectivity index (χ0v) is 10.2. The van der Waals surface area contributed by atoms with Gasteiger partial charge in [-0.2, -0.15) is 0 Å². The highest BCUT2D eigenvalue weighted by molar-refractivity contribution is 5.73. The van der Waals surface area contributed by atoms with E-state index in [2.05, 4.69) is 10.2 Å². The molecule has 0 bridgehead atoms. The molecule has 2 rings (SSSR count). The molecule has 1 heterocycles. The Balaban J connectivity index is 2.18. The molecule has 0 spiro atoms. The van der Waals surface area contributed by atoms with E-state index in [1.54, 1.807) is 31.3 Å². The number of carboxylic acid groups (broad SMARTS) is 1. The summed E-state index contributed by atoms with van der Waals surface area (Å²) >= 11 is 0. The molecule has 2 aromatic rings. The molecule has 0 saturated carbocycles. The largest absolute Gasteiger partial charge is 0.480 e. The van der Waals surface area contributed by atoms with Crippen molar-refractivity contribution in [1.29, 1.82) is 0 Å². The van der Waals surface area contributed by atoms with Crippen LogP contribution in [0.5, 0.6) is 0 Å². The Bertz CT molecular complexity index is 569. The Morgan fingerprint density at radius 1 is 1.21 bits per heavy atom. The Morgan fingerprint density at radius 2 is 1.89 bits per heavy atom. The third-order valence-corrected chi connectivity index (χ3v) is 2.55. The van der Waals surface area contributed by atoms with Crippen LogP contribution in [0.2, 0.25) is 0 Å². The fraction of sp³-hybridized carbons (Fsp3) is 0.154. The second kappa shape index (κ2) is 5.43. The minimum atomic E-state index is -0.938. The molecule has 98 valence electrons. The molecular formula is C13H12FN3O2. The number of aromatic nitrogens is 2. The van der Waals surface area contributed by atoms with Gasteiger partial charge in [0, 0.05) is 12.6 Å². The summed E-state index contributed by atoms with van der Waals surface area (Å²) in [5, 5.41) is 16.6. The van der Waals surface area contributed by atoms with Crippen LogP contribution in [0, 0.1) is 5.82 Å². The van der Waals surface area contributed by atoms with Gasteiger partial charge >= 0.3 is 5.97 Å². The standard InChI is InChI=1S/C13H12FN3O2/c1-17(8-13(18)19)12-7-6-11(15-16-12)9-2-4-10(14)5-3-9/h2-7H,8H2,1H3,(H,18,19). The van der Waals surface area contributed by atoms with Gasteiger partial charge < -0.3 is 10.0 Å². The fourth-order valence-corrected chi connectivity index (χ4v) is 1.59. The van der Waals surface area contributed by atoms with Crippen LogP contribution in [0.4, 0.5) is 10.2 Å². The number of anilines is 1. The Hall–Kier alpha value is -2.50. The molecular weight excluding hydrogens is 249 g/mol. The minimum Gasteiger partial charge on any atom is -0.480 e. The van der Waals surface area contributed by atoms with Gasteiger partial charge in [-0.15, -0.1) is 10.2 Å². The summed E-state index contributed by atoms with van der Waals surface area (Å²) in [6.45, 7) is -0.148. The zero-order valence-electron chi connectivity index (χ0n) is 10.2. The molecule has 0 unspecified atom stereocenters. The van der Waals surface area contributed by atoms with E-state index >= 15 is 0 Å². The number of benzene rings is 1. The smallest absolute Gasteiger partial charge is 0.323 e. The fourth-order valence-electron chi connectivity index (χ4n) is 1.59. The lowest BCUT2D eigenvalue weighted by Crippen LogP contribution is -2.26. The quantitative estimate of drug-likeness (QED) is 0.909. The number of aliphatic carboxylic acids is 1. The van der Waals surface area contributed by atoms with Gasteiger partial charge in [0.15, 0.2) is 5.82 Å². The van der Waals surface area contributed by atoms with Gasteiger partial charge in [-0.1, -0.05) is 0 Å². The number of hydrogen-bond acceptors (Lipinski definition) is 4. The maximum atomic E-state index is 12.8. The van der Waals surface area contributed by atoms with Gasteiger partial charge in [-0.3, -0.25) is 4.79 Å². The molecule has 0 fully saturated rings. The number of nitrogens with zero attached hydrogens (tertiary/aromatic N) is 3. The second-order valence-corrected chi connectivity index (χ2v) is 4.03. The van der Waals surface area contributed by atoms with Crippen LogP contribution in [0.1, 0.15) is 0 Å². The third-order valence-electron chi connectivity index (χ3n) is 2.55. The van der Waals surface area contributed by atoms with Crippen LogP contribution < -0.4 is 4.90 Å². The first-order valence-electron chi connectivity index (χ1n) is 5.59. The number of rotatable bonds is 4. The molecule has 1 aromatic heterocycles. The van der Waals surface area contributed by atoms with Crippen LogP contribution in [-0.4, -0.2) is 34.9 Å². The number of likely N-dealkylation sites (N-methyl/N-ethyl adjacent to an activating group) is 1. The first kappa shape index (κ1) is 12.9. The predicted molar refractivity (Wildman–Crippen MR) is 68.3 cm³/mol. The highest BCUT2D eigenvalue weighted by atomic mass is 19.1. The monoisotopic (exact) mass is 261 g/mol. The summed E-state index contributed by atoms with van der Waals surface area (Å²) in [5.41, 5.74) is 1.36. The summed E-state index contributed by atoms with van der Waals surface area (Å²) in [5.74, 6) is -0.783. The first-order valence-corrected chi connectivity index (χ1v) is 5.59. The molecule has 1 aromatic carbocycles. The van der Waals surface area contributed by atoms with Crippen molar-refractivity contribution < 1.29 is 14.3 Å². The number of hydrogen-bond donors (Lipinski definition) is 1. The zero-order chi connectivity index (χ0) is 13.8. The maximum Gasteiger partial charge on any atom is 0.323 e. The molecule has 0 saturated heterocycles. The van der Waals surface area contributed by atoms with Gasteiger partial charge in [0.2, 0.25) is 0 Å².